The summed E-state index contributed by atoms with van der Waals surface area (Å²) in [7, 11) is 1.31. The number of amides is 3. The summed E-state index contributed by atoms with van der Waals surface area (Å²) in [5.41, 5.74) is 4.15. The van der Waals surface area contributed by atoms with Crippen molar-refractivity contribution in [3.05, 3.63) is 107 Å². The molecule has 3 aliphatic rings. The quantitative estimate of drug-likeness (QED) is 0.160. The Labute approximate surface area is 325 Å². The van der Waals surface area contributed by atoms with Crippen molar-refractivity contribution in [3.8, 4) is 0 Å². The van der Waals surface area contributed by atoms with Gasteiger partial charge in [-0.15, -0.1) is 0 Å². The smallest absolute Gasteiger partial charge is 0.328 e. The number of aliphatic hydroxyl groups is 1. The number of likely N-dealkylation sites (tertiary alicyclic amines) is 1. The summed E-state index contributed by atoms with van der Waals surface area (Å²) in [6.07, 6.45) is 6.45. The molecule has 0 aromatic heterocycles. The number of carbonyl (C=O) groups excluding carboxylic acids is 3. The normalized spacial score (nSPS) is 24.9. The van der Waals surface area contributed by atoms with Crippen LogP contribution in [-0.2, 0) is 43.4 Å². The molecule has 0 spiro atoms. The number of aliphatic hydroxyl groups excluding tert-OH is 1. The van der Waals surface area contributed by atoms with Crippen LogP contribution in [0, 0.1) is 5.92 Å². The van der Waals surface area contributed by atoms with Crippen molar-refractivity contribution in [1.82, 2.24) is 20.9 Å². The molecule has 55 heavy (non-hydrogen) atoms. The van der Waals surface area contributed by atoms with Gasteiger partial charge in [0.2, 0.25) is 5.91 Å². The standard InChI is InChI=1S/C44H58N4O7/c1-44(2,3)47-40(50)38-23-22-32-12-8-9-13-37(32)48(38)27-35-25-39(33-18-16-31(28-49)17-19-33)55-42(54-35)34-20-14-30(15-21-34)26-45-43(52)46-36(41(51)53-4)24-29-10-6-5-7-11-29/h5-7,10-11,14-21,32,35-39,42,49H,8-9,12-13,22-28H2,1-4H3,(H,47,50)(H2,45,46,52). The van der Waals surface area contributed by atoms with E-state index in [1.165, 1.54) is 26.4 Å². The van der Waals surface area contributed by atoms with E-state index in [9.17, 15) is 19.5 Å². The van der Waals surface area contributed by atoms with E-state index in [0.29, 0.717) is 31.3 Å². The predicted octanol–water partition coefficient (Wildman–Crippen LogP) is 6.25. The van der Waals surface area contributed by atoms with Crippen molar-refractivity contribution < 1.29 is 33.7 Å². The number of hydrogen-bond donors (Lipinski definition) is 4. The number of nitrogens with zero attached hydrogens (tertiary/aromatic N) is 1. The number of benzene rings is 3. The summed E-state index contributed by atoms with van der Waals surface area (Å²) in [4.78, 5) is 41.5. The lowest BCUT2D eigenvalue weighted by Crippen LogP contribution is -2.61. The summed E-state index contributed by atoms with van der Waals surface area (Å²) in [6, 6.07) is 24.0. The van der Waals surface area contributed by atoms with E-state index >= 15 is 0 Å². The van der Waals surface area contributed by atoms with Gasteiger partial charge >= 0.3 is 12.0 Å². The summed E-state index contributed by atoms with van der Waals surface area (Å²) < 4.78 is 18.4. The largest absolute Gasteiger partial charge is 0.467 e. The van der Waals surface area contributed by atoms with Crippen LogP contribution in [0.2, 0.25) is 0 Å². The second-order valence-corrected chi connectivity index (χ2v) is 16.3. The van der Waals surface area contributed by atoms with E-state index in [0.717, 1.165) is 47.1 Å². The highest BCUT2D eigenvalue weighted by molar-refractivity contribution is 5.84. The minimum absolute atomic E-state index is 0.0297. The summed E-state index contributed by atoms with van der Waals surface area (Å²) in [5, 5.41) is 18.5. The van der Waals surface area contributed by atoms with Crippen LogP contribution in [0.5, 0.6) is 0 Å². The molecular weight excluding hydrogens is 697 g/mol. The van der Waals surface area contributed by atoms with Gasteiger partial charge in [-0.1, -0.05) is 91.7 Å². The second kappa shape index (κ2) is 18.6. The first-order valence-electron chi connectivity index (χ1n) is 19.8. The Kier molecular flexibility index (Phi) is 13.6. The number of fused-ring (bicyclic) bond motifs is 1. The number of esters is 1. The van der Waals surface area contributed by atoms with Crippen molar-refractivity contribution in [2.24, 2.45) is 5.92 Å². The molecule has 7 unspecified atom stereocenters. The average molecular weight is 755 g/mol. The second-order valence-electron chi connectivity index (χ2n) is 16.3. The molecule has 3 fully saturated rings. The molecule has 3 aromatic rings. The summed E-state index contributed by atoms with van der Waals surface area (Å²) in [6.45, 7) is 6.94. The molecule has 11 nitrogen and oxygen atoms in total. The van der Waals surface area contributed by atoms with Crippen molar-refractivity contribution in [2.75, 3.05) is 13.7 Å². The molecule has 6 rings (SSSR count). The molecule has 0 radical (unpaired) electrons. The van der Waals surface area contributed by atoms with E-state index in [2.05, 4.69) is 20.9 Å². The van der Waals surface area contributed by atoms with Gasteiger partial charge in [-0.3, -0.25) is 9.69 Å². The monoisotopic (exact) mass is 754 g/mol. The van der Waals surface area contributed by atoms with Crippen LogP contribution in [-0.4, -0.2) is 71.3 Å². The van der Waals surface area contributed by atoms with Gasteiger partial charge in [0.15, 0.2) is 6.29 Å². The van der Waals surface area contributed by atoms with Crippen LogP contribution in [0.3, 0.4) is 0 Å². The molecule has 7 atom stereocenters. The Balaban J connectivity index is 1.16. The third-order valence-electron chi connectivity index (χ3n) is 11.1. The van der Waals surface area contributed by atoms with E-state index in [-0.39, 0.29) is 42.8 Å². The number of ether oxygens (including phenoxy) is 3. The fourth-order valence-corrected chi connectivity index (χ4v) is 8.37. The van der Waals surface area contributed by atoms with Gasteiger partial charge in [0.25, 0.3) is 0 Å². The van der Waals surface area contributed by atoms with Crippen LogP contribution in [0.4, 0.5) is 4.79 Å². The Bertz CT molecular complexity index is 1710. The maximum absolute atomic E-state index is 13.8. The van der Waals surface area contributed by atoms with Crippen LogP contribution in [0.15, 0.2) is 78.9 Å². The summed E-state index contributed by atoms with van der Waals surface area (Å²) >= 11 is 0. The van der Waals surface area contributed by atoms with Gasteiger partial charge in [0, 0.05) is 43.1 Å². The van der Waals surface area contributed by atoms with E-state index in [4.69, 9.17) is 14.2 Å². The van der Waals surface area contributed by atoms with Crippen molar-refractivity contribution >= 4 is 17.9 Å². The van der Waals surface area contributed by atoms with Crippen molar-refractivity contribution in [2.45, 2.75) is 127 Å². The molecule has 2 aliphatic heterocycles. The maximum atomic E-state index is 13.8. The van der Waals surface area contributed by atoms with Crippen LogP contribution in [0.25, 0.3) is 0 Å². The number of rotatable bonds is 12. The summed E-state index contributed by atoms with van der Waals surface area (Å²) in [5.74, 6) is 0.161. The highest BCUT2D eigenvalue weighted by Crippen LogP contribution is 2.42. The van der Waals surface area contributed by atoms with Crippen molar-refractivity contribution in [1.29, 1.82) is 0 Å². The minimum Gasteiger partial charge on any atom is -0.467 e. The molecule has 3 amide bonds. The van der Waals surface area contributed by atoms with Gasteiger partial charge in [0.1, 0.15) is 6.04 Å². The zero-order valence-electron chi connectivity index (χ0n) is 32.7. The van der Waals surface area contributed by atoms with Gasteiger partial charge < -0.3 is 35.3 Å². The Morgan fingerprint density at radius 2 is 1.55 bits per heavy atom. The Hall–Kier alpha value is -4.29. The predicted molar refractivity (Wildman–Crippen MR) is 210 cm³/mol. The van der Waals surface area contributed by atoms with E-state index in [1.54, 1.807) is 0 Å². The van der Waals surface area contributed by atoms with Gasteiger partial charge in [-0.05, 0) is 74.6 Å². The Morgan fingerprint density at radius 1 is 0.855 bits per heavy atom. The van der Waals surface area contributed by atoms with Crippen LogP contribution >= 0.6 is 0 Å². The first-order chi connectivity index (χ1) is 26.5. The lowest BCUT2D eigenvalue weighted by atomic mass is 9.75. The third kappa shape index (κ3) is 10.9. The molecule has 11 heteroatoms. The highest BCUT2D eigenvalue weighted by Gasteiger charge is 2.44. The Morgan fingerprint density at radius 3 is 2.24 bits per heavy atom. The van der Waals surface area contributed by atoms with Gasteiger partial charge in [0.05, 0.1) is 32.0 Å². The number of piperidine rings is 1. The lowest BCUT2D eigenvalue weighted by molar-refractivity contribution is -0.255. The first kappa shape index (κ1) is 40.4. The molecule has 1 aliphatic carbocycles. The van der Waals surface area contributed by atoms with Gasteiger partial charge in [-0.25, -0.2) is 9.59 Å². The molecule has 2 heterocycles. The SMILES string of the molecule is COC(=O)C(Cc1ccccc1)NC(=O)NCc1ccc(C2OC(CN3C(C(=O)NC(C)(C)C)CCC4CCCCC43)CC(c3ccc(CO)cc3)O2)cc1. The number of carbonyl (C=O) groups is 3. The van der Waals surface area contributed by atoms with Crippen molar-refractivity contribution in [3.63, 3.8) is 0 Å². The first-order valence-corrected chi connectivity index (χ1v) is 19.8. The molecule has 296 valence electrons. The molecule has 3 aromatic carbocycles. The number of nitrogens with one attached hydrogen (secondary N) is 3. The molecular formula is C44H58N4O7. The zero-order chi connectivity index (χ0) is 39.0. The maximum Gasteiger partial charge on any atom is 0.328 e. The van der Waals surface area contributed by atoms with Crippen LogP contribution in [0.1, 0.15) is 106 Å². The number of hydrogen-bond acceptors (Lipinski definition) is 8. The third-order valence-corrected chi connectivity index (χ3v) is 11.1. The highest BCUT2D eigenvalue weighted by atomic mass is 16.7. The molecule has 4 N–H and O–H groups in total. The average Bonchev–Trinajstić information content (AvgIpc) is 3.19. The topological polar surface area (TPSA) is 138 Å². The fourth-order valence-electron chi connectivity index (χ4n) is 8.37. The fraction of sp³-hybridized carbons (Fsp3) is 0.523. The molecule has 2 saturated heterocycles. The van der Waals surface area contributed by atoms with Gasteiger partial charge in [-0.2, -0.15) is 0 Å². The number of methoxy groups -OCH3 is 1. The zero-order valence-corrected chi connectivity index (χ0v) is 32.7. The van der Waals surface area contributed by atoms with E-state index < -0.39 is 24.3 Å². The molecule has 0 bridgehead atoms. The lowest BCUT2D eigenvalue weighted by Gasteiger charge is -2.50. The van der Waals surface area contributed by atoms with E-state index in [1.807, 2.05) is 99.6 Å². The number of urea groups is 1. The molecule has 1 saturated carbocycles. The minimum atomic E-state index is -0.826. The van der Waals surface area contributed by atoms with Crippen LogP contribution < -0.4 is 16.0 Å².